The molecule has 0 spiro atoms. The van der Waals surface area contributed by atoms with E-state index in [2.05, 4.69) is 44.5 Å². The van der Waals surface area contributed by atoms with Crippen LogP contribution in [0.25, 0.3) is 22.2 Å². The SMILES string of the molecule is CCCCn1c(=O)c(N(C(N)=O)c2c(C(C)C)cccc2C(C)C)c(-c2cccc(OCCN(C)C)c2)c2cccnc21. The van der Waals surface area contributed by atoms with E-state index in [0.717, 1.165) is 41.5 Å². The third kappa shape index (κ3) is 6.75. The van der Waals surface area contributed by atoms with Crippen molar-refractivity contribution in [2.45, 2.75) is 65.8 Å². The van der Waals surface area contributed by atoms with Gasteiger partial charge in [0.25, 0.3) is 5.56 Å². The van der Waals surface area contributed by atoms with Crippen molar-refractivity contribution < 1.29 is 9.53 Å². The lowest BCUT2D eigenvalue weighted by molar-refractivity contribution is 0.256. The van der Waals surface area contributed by atoms with Crippen LogP contribution in [0.5, 0.6) is 5.75 Å². The minimum Gasteiger partial charge on any atom is -0.492 e. The molecular weight excluding hydrogens is 538 g/mol. The molecule has 8 nitrogen and oxygen atoms in total. The number of aromatic nitrogens is 2. The molecule has 8 heteroatoms. The molecule has 0 fully saturated rings. The number of amides is 2. The second-order valence-electron chi connectivity index (χ2n) is 11.9. The van der Waals surface area contributed by atoms with Gasteiger partial charge < -0.3 is 15.4 Å². The van der Waals surface area contributed by atoms with Gasteiger partial charge in [0.05, 0.1) is 5.69 Å². The van der Waals surface area contributed by atoms with E-state index >= 15 is 0 Å². The van der Waals surface area contributed by atoms with Crippen LogP contribution in [-0.4, -0.2) is 47.7 Å². The lowest BCUT2D eigenvalue weighted by Crippen LogP contribution is -2.39. The van der Waals surface area contributed by atoms with Crippen molar-refractivity contribution >= 4 is 28.4 Å². The number of likely N-dealkylation sites (N-methyl/N-ethyl adjacent to an activating group) is 1. The molecule has 0 saturated heterocycles. The topological polar surface area (TPSA) is 93.7 Å². The van der Waals surface area contributed by atoms with E-state index in [0.29, 0.717) is 35.8 Å². The number of unbranched alkanes of at least 4 members (excludes halogenated alkanes) is 1. The summed E-state index contributed by atoms with van der Waals surface area (Å²) in [5.41, 5.74) is 10.7. The number of carbonyl (C=O) groups is 1. The smallest absolute Gasteiger partial charge is 0.324 e. The number of rotatable bonds is 12. The van der Waals surface area contributed by atoms with Crippen molar-refractivity contribution in [1.29, 1.82) is 0 Å². The van der Waals surface area contributed by atoms with E-state index in [4.69, 9.17) is 10.5 Å². The fraction of sp³-hybridized carbons (Fsp3) is 0.400. The van der Waals surface area contributed by atoms with E-state index < -0.39 is 6.03 Å². The van der Waals surface area contributed by atoms with Gasteiger partial charge in [-0.05, 0) is 73.3 Å². The lowest BCUT2D eigenvalue weighted by atomic mass is 9.91. The average Bonchev–Trinajstić information content (AvgIpc) is 2.97. The Morgan fingerprint density at radius 2 is 1.65 bits per heavy atom. The second kappa shape index (κ2) is 13.9. The van der Waals surface area contributed by atoms with Crippen molar-refractivity contribution in [3.8, 4) is 16.9 Å². The maximum atomic E-state index is 14.7. The fourth-order valence-corrected chi connectivity index (χ4v) is 5.48. The van der Waals surface area contributed by atoms with E-state index in [-0.39, 0.29) is 23.1 Å². The molecular formula is C35H45N5O3. The van der Waals surface area contributed by atoms with Gasteiger partial charge in [-0.1, -0.05) is 71.4 Å². The number of primary amides is 1. The summed E-state index contributed by atoms with van der Waals surface area (Å²) in [5, 5.41) is 0.762. The van der Waals surface area contributed by atoms with Gasteiger partial charge in [0.2, 0.25) is 0 Å². The van der Waals surface area contributed by atoms with Crippen molar-refractivity contribution in [1.82, 2.24) is 14.5 Å². The largest absolute Gasteiger partial charge is 0.492 e. The first kappa shape index (κ1) is 31.8. The number of hydrogen-bond acceptors (Lipinski definition) is 5. The zero-order valence-electron chi connectivity index (χ0n) is 26.6. The van der Waals surface area contributed by atoms with Crippen LogP contribution in [0.15, 0.2) is 65.6 Å². The summed E-state index contributed by atoms with van der Waals surface area (Å²) in [5.74, 6) is 0.835. The molecule has 2 aromatic heterocycles. The molecule has 0 saturated carbocycles. The number of anilines is 2. The van der Waals surface area contributed by atoms with Gasteiger partial charge in [-0.25, -0.2) is 9.78 Å². The summed E-state index contributed by atoms with van der Waals surface area (Å²) >= 11 is 0. The maximum Gasteiger partial charge on any atom is 0.324 e. The Bertz CT molecular complexity index is 1610. The predicted octanol–water partition coefficient (Wildman–Crippen LogP) is 7.27. The number of fused-ring (bicyclic) bond motifs is 1. The molecule has 0 unspecified atom stereocenters. The summed E-state index contributed by atoms with van der Waals surface area (Å²) in [4.78, 5) is 36.6. The number of nitrogens with zero attached hydrogens (tertiary/aromatic N) is 4. The highest BCUT2D eigenvalue weighted by Gasteiger charge is 2.31. The Hall–Kier alpha value is -4.17. The van der Waals surface area contributed by atoms with Crippen LogP contribution in [0.1, 0.15) is 70.4 Å². The highest BCUT2D eigenvalue weighted by atomic mass is 16.5. The third-order valence-corrected chi connectivity index (χ3v) is 7.67. The fourth-order valence-electron chi connectivity index (χ4n) is 5.48. The Kier molecular flexibility index (Phi) is 10.2. The van der Waals surface area contributed by atoms with E-state index in [1.165, 1.54) is 4.90 Å². The van der Waals surface area contributed by atoms with Gasteiger partial charge in [-0.15, -0.1) is 0 Å². The zero-order valence-corrected chi connectivity index (χ0v) is 26.6. The molecule has 0 radical (unpaired) electrons. The minimum absolute atomic E-state index is 0.0804. The molecule has 2 amide bonds. The average molecular weight is 584 g/mol. The molecule has 4 aromatic rings. The van der Waals surface area contributed by atoms with Crippen LogP contribution in [0.4, 0.5) is 16.2 Å². The third-order valence-electron chi connectivity index (χ3n) is 7.67. The van der Waals surface area contributed by atoms with Crippen molar-refractivity contribution in [2.75, 3.05) is 32.1 Å². The number of aryl methyl sites for hydroxylation is 1. The highest BCUT2D eigenvalue weighted by Crippen LogP contribution is 2.43. The van der Waals surface area contributed by atoms with Crippen LogP contribution < -0.4 is 20.9 Å². The molecule has 2 heterocycles. The predicted molar refractivity (Wildman–Crippen MR) is 177 cm³/mol. The number of benzene rings is 2. The molecule has 0 aliphatic heterocycles. The number of carbonyl (C=O) groups excluding carboxylic acids is 1. The second-order valence-corrected chi connectivity index (χ2v) is 11.9. The normalized spacial score (nSPS) is 11.6. The number of urea groups is 1. The van der Waals surface area contributed by atoms with Crippen molar-refractivity contribution in [3.63, 3.8) is 0 Å². The van der Waals surface area contributed by atoms with Crippen molar-refractivity contribution in [2.24, 2.45) is 5.73 Å². The van der Waals surface area contributed by atoms with Crippen LogP contribution in [-0.2, 0) is 6.54 Å². The molecule has 43 heavy (non-hydrogen) atoms. The molecule has 4 rings (SSSR count). The molecule has 228 valence electrons. The summed E-state index contributed by atoms with van der Waals surface area (Å²) in [6.45, 7) is 12.2. The minimum atomic E-state index is -0.711. The van der Waals surface area contributed by atoms with E-state index in [9.17, 15) is 9.59 Å². The first-order valence-electron chi connectivity index (χ1n) is 15.2. The van der Waals surface area contributed by atoms with Gasteiger partial charge in [-0.2, -0.15) is 0 Å². The summed E-state index contributed by atoms with van der Waals surface area (Å²) < 4.78 is 7.78. The summed E-state index contributed by atoms with van der Waals surface area (Å²) in [6, 6.07) is 16.8. The number of ether oxygens (including phenoxy) is 1. The Labute approximate surface area is 255 Å². The monoisotopic (exact) mass is 583 g/mol. The quantitative estimate of drug-likeness (QED) is 0.189. The number of nitrogens with two attached hydrogens (primary N) is 1. The first-order chi connectivity index (χ1) is 20.6. The number of hydrogen-bond donors (Lipinski definition) is 1. The van der Waals surface area contributed by atoms with E-state index in [1.54, 1.807) is 10.8 Å². The lowest BCUT2D eigenvalue weighted by Gasteiger charge is -2.31. The van der Waals surface area contributed by atoms with Gasteiger partial charge in [0.15, 0.2) is 0 Å². The molecule has 2 aromatic carbocycles. The van der Waals surface area contributed by atoms with Crippen molar-refractivity contribution in [3.05, 3.63) is 82.3 Å². The van der Waals surface area contributed by atoms with Gasteiger partial charge in [-0.3, -0.25) is 14.3 Å². The molecule has 0 aliphatic carbocycles. The maximum absolute atomic E-state index is 14.7. The highest BCUT2D eigenvalue weighted by molar-refractivity contribution is 6.09. The number of para-hydroxylation sites is 1. The molecule has 0 aliphatic rings. The zero-order chi connectivity index (χ0) is 31.3. The van der Waals surface area contributed by atoms with Crippen LogP contribution in [0.2, 0.25) is 0 Å². The molecule has 0 bridgehead atoms. The standard InChI is InChI=1S/C35H45N5O3/c1-8-9-19-39-33-29(17-12-18-37-33)30(25-13-10-14-26(22-25)43-21-20-38(6)7)32(34(39)41)40(35(36)42)31-27(23(2)3)15-11-16-28(31)24(4)5/h10-18,22-24H,8-9,19-21H2,1-7H3,(H2,36,42). The molecule has 0 atom stereocenters. The van der Waals surface area contributed by atoms with E-state index in [1.807, 2.05) is 68.7 Å². The van der Waals surface area contributed by atoms with Gasteiger partial charge >= 0.3 is 6.03 Å². The molecule has 2 N–H and O–H groups in total. The van der Waals surface area contributed by atoms with Gasteiger partial charge in [0.1, 0.15) is 23.7 Å². The van der Waals surface area contributed by atoms with Gasteiger partial charge in [0, 0.05) is 30.2 Å². The van der Waals surface area contributed by atoms with Crippen LogP contribution >= 0.6 is 0 Å². The Balaban J connectivity index is 2.14. The first-order valence-corrected chi connectivity index (χ1v) is 15.2. The number of pyridine rings is 2. The summed E-state index contributed by atoms with van der Waals surface area (Å²) in [6.07, 6.45) is 3.39. The van der Waals surface area contributed by atoms with Crippen LogP contribution in [0, 0.1) is 0 Å². The Morgan fingerprint density at radius 1 is 0.977 bits per heavy atom. The summed E-state index contributed by atoms with van der Waals surface area (Å²) in [7, 11) is 4.00. The van der Waals surface area contributed by atoms with Crippen LogP contribution in [0.3, 0.4) is 0 Å². The Morgan fingerprint density at radius 3 is 2.26 bits per heavy atom.